The molecule has 1 saturated heterocycles. The number of benzene rings is 1. The third kappa shape index (κ3) is 5.97. The summed E-state index contributed by atoms with van der Waals surface area (Å²) in [6, 6.07) is 9.84. The molecule has 0 aliphatic carbocycles. The topological polar surface area (TPSA) is 75.4 Å². The normalized spacial score (nSPS) is 15.6. The molecule has 0 spiro atoms. The highest BCUT2D eigenvalue weighted by molar-refractivity contribution is 5.79. The molecule has 0 saturated carbocycles. The molecule has 0 unspecified atom stereocenters. The Balaban J connectivity index is 1.33. The monoisotopic (exact) mass is 387 g/mol. The van der Waals surface area contributed by atoms with Gasteiger partial charge < -0.3 is 24.2 Å². The lowest BCUT2D eigenvalue weighted by atomic mass is 10.2. The smallest absolute Gasteiger partial charge is 0.193 e. The molecule has 28 heavy (non-hydrogen) atoms. The highest BCUT2D eigenvalue weighted by Crippen LogP contribution is 2.13. The zero-order chi connectivity index (χ0) is 19.6. The van der Waals surface area contributed by atoms with Crippen LogP contribution in [-0.4, -0.2) is 74.4 Å². The predicted molar refractivity (Wildman–Crippen MR) is 107 cm³/mol. The van der Waals surface area contributed by atoms with Crippen LogP contribution in [0.15, 0.2) is 46.1 Å². The number of hydrogen-bond acceptors (Lipinski definition) is 6. The lowest BCUT2D eigenvalue weighted by Gasteiger charge is -2.36. The van der Waals surface area contributed by atoms with E-state index in [-0.39, 0.29) is 0 Å². The second-order valence-corrected chi connectivity index (χ2v) is 6.63. The number of guanidine groups is 1. The zero-order valence-electron chi connectivity index (χ0n) is 16.6. The maximum atomic E-state index is 5.76. The molecule has 1 N–H and O–H groups in total. The van der Waals surface area contributed by atoms with Gasteiger partial charge in [-0.15, -0.1) is 0 Å². The Bertz CT molecular complexity index is 727. The highest BCUT2D eigenvalue weighted by atomic mass is 16.5. The molecule has 8 heteroatoms. The molecule has 1 aromatic carbocycles. The van der Waals surface area contributed by atoms with E-state index in [2.05, 4.69) is 25.3 Å². The predicted octanol–water partition coefficient (Wildman–Crippen LogP) is 1.59. The van der Waals surface area contributed by atoms with Gasteiger partial charge in [0, 0.05) is 52.4 Å². The first-order chi connectivity index (χ1) is 13.8. The van der Waals surface area contributed by atoms with Crippen LogP contribution >= 0.6 is 0 Å². The Morgan fingerprint density at radius 2 is 2.11 bits per heavy atom. The molecule has 1 aliphatic rings. The molecule has 1 fully saturated rings. The first kappa shape index (κ1) is 20.2. The Hall–Kier alpha value is -2.58. The Labute approximate surface area is 166 Å². The van der Waals surface area contributed by atoms with Crippen molar-refractivity contribution < 1.29 is 14.0 Å². The van der Waals surface area contributed by atoms with E-state index in [0.717, 1.165) is 62.2 Å². The van der Waals surface area contributed by atoms with Crippen molar-refractivity contribution in [1.29, 1.82) is 0 Å². The molecule has 0 bridgehead atoms. The molecular formula is C20H29N5O3. The number of piperazine rings is 1. The lowest BCUT2D eigenvalue weighted by molar-refractivity contribution is 0.123. The maximum absolute atomic E-state index is 5.76. The minimum atomic E-state index is 0.568. The van der Waals surface area contributed by atoms with E-state index in [0.29, 0.717) is 13.2 Å². The molecule has 8 nitrogen and oxygen atoms in total. The Morgan fingerprint density at radius 3 is 2.82 bits per heavy atom. The molecule has 1 aromatic heterocycles. The molecule has 152 valence electrons. The molecule has 3 rings (SSSR count). The van der Waals surface area contributed by atoms with Gasteiger partial charge in [-0.2, -0.15) is 0 Å². The molecule has 0 radical (unpaired) electrons. The van der Waals surface area contributed by atoms with Crippen molar-refractivity contribution in [2.45, 2.75) is 13.2 Å². The van der Waals surface area contributed by atoms with Crippen molar-refractivity contribution in [3.05, 3.63) is 47.9 Å². The highest BCUT2D eigenvalue weighted by Gasteiger charge is 2.20. The summed E-state index contributed by atoms with van der Waals surface area (Å²) in [6.45, 7) is 6.54. The number of nitrogens with one attached hydrogen (secondary N) is 1. The molecule has 1 aliphatic heterocycles. The fourth-order valence-electron chi connectivity index (χ4n) is 3.19. The minimum Gasteiger partial charge on any atom is -0.497 e. The van der Waals surface area contributed by atoms with E-state index >= 15 is 0 Å². The van der Waals surface area contributed by atoms with Crippen molar-refractivity contribution in [3.63, 3.8) is 0 Å². The van der Waals surface area contributed by atoms with Gasteiger partial charge in [0.15, 0.2) is 5.96 Å². The van der Waals surface area contributed by atoms with Gasteiger partial charge in [0.05, 0.1) is 26.0 Å². The fraction of sp³-hybridized carbons (Fsp3) is 0.500. The van der Waals surface area contributed by atoms with Crippen LogP contribution in [0.2, 0.25) is 0 Å². The summed E-state index contributed by atoms with van der Waals surface area (Å²) in [7, 11) is 3.49. The van der Waals surface area contributed by atoms with Gasteiger partial charge in [-0.3, -0.25) is 9.89 Å². The summed E-state index contributed by atoms with van der Waals surface area (Å²) in [4.78, 5) is 9.06. The SMILES string of the molecule is CN=C(NCCOCc1cccc(OC)c1)N1CCN(Cc2ccon2)CC1. The average Bonchev–Trinajstić information content (AvgIpc) is 3.25. The summed E-state index contributed by atoms with van der Waals surface area (Å²) in [5, 5.41) is 7.37. The second-order valence-electron chi connectivity index (χ2n) is 6.63. The van der Waals surface area contributed by atoms with Crippen LogP contribution in [0.4, 0.5) is 0 Å². The summed E-state index contributed by atoms with van der Waals surface area (Å²) < 4.78 is 15.9. The first-order valence-electron chi connectivity index (χ1n) is 9.56. The van der Waals surface area contributed by atoms with E-state index in [4.69, 9.17) is 14.0 Å². The third-order valence-electron chi connectivity index (χ3n) is 4.69. The van der Waals surface area contributed by atoms with Crippen LogP contribution in [0.3, 0.4) is 0 Å². The number of ether oxygens (including phenoxy) is 2. The number of aromatic nitrogens is 1. The third-order valence-corrected chi connectivity index (χ3v) is 4.69. The fourth-order valence-corrected chi connectivity index (χ4v) is 3.19. The maximum Gasteiger partial charge on any atom is 0.193 e. The van der Waals surface area contributed by atoms with E-state index < -0.39 is 0 Å². The number of nitrogens with zero attached hydrogens (tertiary/aromatic N) is 4. The minimum absolute atomic E-state index is 0.568. The number of rotatable bonds is 8. The van der Waals surface area contributed by atoms with Gasteiger partial charge in [0.1, 0.15) is 12.0 Å². The van der Waals surface area contributed by atoms with Crippen LogP contribution in [0.25, 0.3) is 0 Å². The number of methoxy groups -OCH3 is 1. The van der Waals surface area contributed by atoms with E-state index in [9.17, 15) is 0 Å². The molecule has 0 amide bonds. The second kappa shape index (κ2) is 10.7. The molecular weight excluding hydrogens is 358 g/mol. The summed E-state index contributed by atoms with van der Waals surface area (Å²) in [6.07, 6.45) is 1.62. The van der Waals surface area contributed by atoms with Gasteiger partial charge >= 0.3 is 0 Å². The van der Waals surface area contributed by atoms with Crippen LogP contribution < -0.4 is 10.1 Å². The van der Waals surface area contributed by atoms with E-state index in [1.54, 1.807) is 13.4 Å². The van der Waals surface area contributed by atoms with E-state index in [1.165, 1.54) is 0 Å². The van der Waals surface area contributed by atoms with Crippen molar-refractivity contribution in [2.24, 2.45) is 4.99 Å². The van der Waals surface area contributed by atoms with Gasteiger partial charge in [0.25, 0.3) is 0 Å². The van der Waals surface area contributed by atoms with Crippen molar-refractivity contribution >= 4 is 5.96 Å². The van der Waals surface area contributed by atoms with Crippen LogP contribution in [0, 0.1) is 0 Å². The largest absolute Gasteiger partial charge is 0.497 e. The Kier molecular flexibility index (Phi) is 7.69. The van der Waals surface area contributed by atoms with E-state index in [1.807, 2.05) is 37.4 Å². The summed E-state index contributed by atoms with van der Waals surface area (Å²) in [5.41, 5.74) is 2.08. The Morgan fingerprint density at radius 1 is 1.25 bits per heavy atom. The quantitative estimate of drug-likeness (QED) is 0.419. The van der Waals surface area contributed by atoms with Gasteiger partial charge in [0.2, 0.25) is 0 Å². The zero-order valence-corrected chi connectivity index (χ0v) is 16.6. The van der Waals surface area contributed by atoms with Crippen molar-refractivity contribution in [1.82, 2.24) is 20.3 Å². The molecule has 0 atom stereocenters. The number of aliphatic imine (C=N–C) groups is 1. The van der Waals surface area contributed by atoms with Crippen LogP contribution in [-0.2, 0) is 17.9 Å². The van der Waals surface area contributed by atoms with Crippen LogP contribution in [0.5, 0.6) is 5.75 Å². The summed E-state index contributed by atoms with van der Waals surface area (Å²) in [5.74, 6) is 1.77. The van der Waals surface area contributed by atoms with Gasteiger partial charge in [-0.05, 0) is 17.7 Å². The van der Waals surface area contributed by atoms with Gasteiger partial charge in [-0.25, -0.2) is 0 Å². The summed E-state index contributed by atoms with van der Waals surface area (Å²) >= 11 is 0. The number of hydrogen-bond donors (Lipinski definition) is 1. The lowest BCUT2D eigenvalue weighted by Crippen LogP contribution is -2.52. The molecule has 2 heterocycles. The van der Waals surface area contributed by atoms with Crippen molar-refractivity contribution in [2.75, 3.05) is 53.5 Å². The van der Waals surface area contributed by atoms with Gasteiger partial charge in [-0.1, -0.05) is 17.3 Å². The van der Waals surface area contributed by atoms with Crippen molar-refractivity contribution in [3.8, 4) is 5.75 Å². The standard InChI is InChI=1S/C20H29N5O3/c1-21-20(22-7-13-27-16-17-4-3-5-19(14-17)26-2)25-10-8-24(9-11-25)15-18-6-12-28-23-18/h3-6,12,14H,7-11,13,15-16H2,1-2H3,(H,21,22). The first-order valence-corrected chi connectivity index (χ1v) is 9.56. The van der Waals surface area contributed by atoms with Crippen LogP contribution in [0.1, 0.15) is 11.3 Å². The average molecular weight is 387 g/mol. The molecule has 2 aromatic rings.